The van der Waals surface area contributed by atoms with Crippen LogP contribution >= 0.6 is 0 Å². The SMILES string of the molecule is C=CC(=O)OCCN1C(=O)NC(=O)C1(C)C. The van der Waals surface area contributed by atoms with Crippen molar-refractivity contribution in [3.8, 4) is 0 Å². The lowest BCUT2D eigenvalue weighted by molar-refractivity contribution is -0.138. The summed E-state index contributed by atoms with van der Waals surface area (Å²) in [5.74, 6) is -0.906. The summed E-state index contributed by atoms with van der Waals surface area (Å²) in [5, 5.41) is 2.20. The second-order valence-corrected chi connectivity index (χ2v) is 3.84. The minimum Gasteiger partial charge on any atom is -0.461 e. The Morgan fingerprint density at radius 1 is 1.56 bits per heavy atom. The number of nitrogens with zero attached hydrogens (tertiary/aromatic N) is 1. The molecular weight excluding hydrogens is 212 g/mol. The Bertz CT molecular complexity index is 349. The quantitative estimate of drug-likeness (QED) is 0.417. The topological polar surface area (TPSA) is 75.7 Å². The predicted octanol–water partition coefficient (Wildman–Crippen LogP) is 0.0460. The first-order valence-electron chi connectivity index (χ1n) is 4.82. The van der Waals surface area contributed by atoms with Gasteiger partial charge in [0.15, 0.2) is 0 Å². The zero-order valence-corrected chi connectivity index (χ0v) is 9.28. The van der Waals surface area contributed by atoms with Crippen molar-refractivity contribution in [2.75, 3.05) is 13.2 Å². The van der Waals surface area contributed by atoms with E-state index in [0.717, 1.165) is 6.08 Å². The fraction of sp³-hybridized carbons (Fsp3) is 0.500. The van der Waals surface area contributed by atoms with Crippen LogP contribution in [0, 0.1) is 0 Å². The molecule has 3 amide bonds. The average molecular weight is 226 g/mol. The van der Waals surface area contributed by atoms with E-state index in [-0.39, 0.29) is 19.1 Å². The molecule has 0 aromatic rings. The van der Waals surface area contributed by atoms with Crippen LogP contribution < -0.4 is 5.32 Å². The van der Waals surface area contributed by atoms with E-state index in [9.17, 15) is 14.4 Å². The maximum atomic E-state index is 11.4. The van der Waals surface area contributed by atoms with E-state index in [1.54, 1.807) is 13.8 Å². The lowest BCUT2D eigenvalue weighted by Crippen LogP contribution is -2.45. The lowest BCUT2D eigenvalue weighted by atomic mass is 10.1. The van der Waals surface area contributed by atoms with Gasteiger partial charge in [-0.1, -0.05) is 6.58 Å². The predicted molar refractivity (Wildman–Crippen MR) is 55.5 cm³/mol. The molecule has 1 fully saturated rings. The van der Waals surface area contributed by atoms with Crippen LogP contribution in [-0.4, -0.2) is 41.5 Å². The number of nitrogens with one attached hydrogen (secondary N) is 1. The van der Waals surface area contributed by atoms with Gasteiger partial charge < -0.3 is 9.64 Å². The van der Waals surface area contributed by atoms with Crippen molar-refractivity contribution >= 4 is 17.9 Å². The summed E-state index contributed by atoms with van der Waals surface area (Å²) in [6.45, 7) is 6.71. The maximum absolute atomic E-state index is 11.4. The minimum atomic E-state index is -0.905. The summed E-state index contributed by atoms with van der Waals surface area (Å²) < 4.78 is 4.74. The van der Waals surface area contributed by atoms with E-state index < -0.39 is 17.5 Å². The number of ether oxygens (including phenoxy) is 1. The number of rotatable bonds is 4. The van der Waals surface area contributed by atoms with Crippen molar-refractivity contribution in [2.45, 2.75) is 19.4 Å². The second-order valence-electron chi connectivity index (χ2n) is 3.84. The molecule has 16 heavy (non-hydrogen) atoms. The molecule has 6 nitrogen and oxygen atoms in total. The Morgan fingerprint density at radius 2 is 2.19 bits per heavy atom. The highest BCUT2D eigenvalue weighted by molar-refractivity contribution is 6.06. The van der Waals surface area contributed by atoms with Crippen LogP contribution in [0.1, 0.15) is 13.8 Å². The molecule has 0 spiro atoms. The van der Waals surface area contributed by atoms with Crippen LogP contribution in [0.25, 0.3) is 0 Å². The van der Waals surface area contributed by atoms with E-state index in [2.05, 4.69) is 11.9 Å². The Labute approximate surface area is 93.2 Å². The van der Waals surface area contributed by atoms with Crippen molar-refractivity contribution in [1.82, 2.24) is 10.2 Å². The van der Waals surface area contributed by atoms with Crippen LogP contribution in [0.15, 0.2) is 12.7 Å². The highest BCUT2D eigenvalue weighted by Crippen LogP contribution is 2.19. The van der Waals surface area contributed by atoms with Crippen molar-refractivity contribution < 1.29 is 19.1 Å². The molecule has 1 N–H and O–H groups in total. The Hall–Kier alpha value is -1.85. The van der Waals surface area contributed by atoms with Gasteiger partial charge in [-0.15, -0.1) is 0 Å². The molecule has 0 saturated carbocycles. The summed E-state index contributed by atoms with van der Waals surface area (Å²) in [5.41, 5.74) is -0.905. The van der Waals surface area contributed by atoms with Gasteiger partial charge in [-0.25, -0.2) is 9.59 Å². The molecule has 0 aromatic carbocycles. The number of hydrogen-bond donors (Lipinski definition) is 1. The van der Waals surface area contributed by atoms with E-state index in [1.165, 1.54) is 4.90 Å². The first-order valence-corrected chi connectivity index (χ1v) is 4.82. The largest absolute Gasteiger partial charge is 0.461 e. The average Bonchev–Trinajstić information content (AvgIpc) is 2.40. The highest BCUT2D eigenvalue weighted by atomic mass is 16.5. The molecule has 0 unspecified atom stereocenters. The zero-order chi connectivity index (χ0) is 12.3. The van der Waals surface area contributed by atoms with Gasteiger partial charge in [0, 0.05) is 6.08 Å². The molecule has 0 atom stereocenters. The number of amides is 3. The van der Waals surface area contributed by atoms with E-state index in [0.29, 0.717) is 0 Å². The van der Waals surface area contributed by atoms with Crippen molar-refractivity contribution in [3.63, 3.8) is 0 Å². The molecule has 88 valence electrons. The third kappa shape index (κ3) is 2.21. The number of hydrogen-bond acceptors (Lipinski definition) is 4. The van der Waals surface area contributed by atoms with E-state index >= 15 is 0 Å². The van der Waals surface area contributed by atoms with Crippen LogP contribution in [0.4, 0.5) is 4.79 Å². The summed E-state index contributed by atoms with van der Waals surface area (Å²) in [7, 11) is 0. The minimum absolute atomic E-state index is 0.0367. The number of imide groups is 1. The fourth-order valence-electron chi connectivity index (χ4n) is 1.37. The van der Waals surface area contributed by atoms with Crippen molar-refractivity contribution in [1.29, 1.82) is 0 Å². The molecular formula is C10H14N2O4. The van der Waals surface area contributed by atoms with Crippen LogP contribution in [0.5, 0.6) is 0 Å². The zero-order valence-electron chi connectivity index (χ0n) is 9.28. The van der Waals surface area contributed by atoms with Gasteiger partial charge >= 0.3 is 12.0 Å². The molecule has 1 aliphatic heterocycles. The summed E-state index contributed by atoms with van der Waals surface area (Å²) in [6, 6.07) is -0.468. The van der Waals surface area contributed by atoms with Gasteiger partial charge in [0.05, 0.1) is 6.54 Å². The second kappa shape index (κ2) is 4.34. The molecule has 0 aliphatic carbocycles. The summed E-state index contributed by atoms with van der Waals surface area (Å²) >= 11 is 0. The molecule has 1 saturated heterocycles. The normalized spacial score (nSPS) is 18.2. The van der Waals surface area contributed by atoms with Crippen LogP contribution in [-0.2, 0) is 14.3 Å². The van der Waals surface area contributed by atoms with Crippen molar-refractivity contribution in [2.24, 2.45) is 0 Å². The first-order chi connectivity index (χ1) is 7.39. The first kappa shape index (κ1) is 12.2. The molecule has 0 bridgehead atoms. The third-order valence-electron chi connectivity index (χ3n) is 2.42. The van der Waals surface area contributed by atoms with Gasteiger partial charge in [-0.2, -0.15) is 0 Å². The number of carbonyl (C=O) groups excluding carboxylic acids is 3. The molecule has 1 rings (SSSR count). The summed E-state index contributed by atoms with van der Waals surface area (Å²) in [4.78, 5) is 34.8. The van der Waals surface area contributed by atoms with Crippen molar-refractivity contribution in [3.05, 3.63) is 12.7 Å². The van der Waals surface area contributed by atoms with E-state index in [1.807, 2.05) is 0 Å². The lowest BCUT2D eigenvalue weighted by Gasteiger charge is -2.27. The molecule has 0 radical (unpaired) electrons. The number of urea groups is 1. The van der Waals surface area contributed by atoms with Crippen LogP contribution in [0.3, 0.4) is 0 Å². The standard InChI is InChI=1S/C10H14N2O4/c1-4-7(13)16-6-5-12-9(15)11-8(14)10(12,2)3/h4H,1,5-6H2,2-3H3,(H,11,14,15). The van der Waals surface area contributed by atoms with Gasteiger partial charge in [0.2, 0.25) is 0 Å². The maximum Gasteiger partial charge on any atom is 0.330 e. The Morgan fingerprint density at radius 3 is 2.62 bits per heavy atom. The van der Waals surface area contributed by atoms with Gasteiger partial charge in [0.25, 0.3) is 5.91 Å². The fourth-order valence-corrected chi connectivity index (χ4v) is 1.37. The van der Waals surface area contributed by atoms with Gasteiger partial charge in [-0.3, -0.25) is 10.1 Å². The number of esters is 1. The Kier molecular flexibility index (Phi) is 3.31. The monoisotopic (exact) mass is 226 g/mol. The smallest absolute Gasteiger partial charge is 0.330 e. The molecule has 6 heteroatoms. The van der Waals surface area contributed by atoms with Gasteiger partial charge in [0.1, 0.15) is 12.1 Å². The molecule has 1 aliphatic rings. The molecule has 1 heterocycles. The summed E-state index contributed by atoms with van der Waals surface area (Å²) in [6.07, 6.45) is 1.04. The third-order valence-corrected chi connectivity index (χ3v) is 2.42. The van der Waals surface area contributed by atoms with Gasteiger partial charge in [-0.05, 0) is 13.8 Å². The molecule has 0 aromatic heterocycles. The highest BCUT2D eigenvalue weighted by Gasteiger charge is 2.45. The van der Waals surface area contributed by atoms with Crippen LogP contribution in [0.2, 0.25) is 0 Å². The van der Waals surface area contributed by atoms with E-state index in [4.69, 9.17) is 4.74 Å². The Balaban J connectivity index is 2.54. The number of carbonyl (C=O) groups is 3.